The number of benzene rings is 1. The molecule has 0 bridgehead atoms. The molecule has 1 aromatic carbocycles. The Morgan fingerprint density at radius 3 is 3.08 bits per heavy atom. The third-order valence-corrected chi connectivity index (χ3v) is 4.50. The zero-order valence-electron chi connectivity index (χ0n) is 14.2. The first-order valence-corrected chi connectivity index (χ1v) is 8.02. The molecule has 0 radical (unpaired) electrons. The standard InChI is InChI=1S/C17H20N4O3.ClH/c1-21-6-5-18-9-14(21)17-19-16(24-20-17)7-11-10-23-15-8-12(22-2)3-4-13(11)15;/h3-4,8,10,14,18H,5-7,9H2,1-2H3;1H. The van der Waals surface area contributed by atoms with Crippen LogP contribution in [-0.2, 0) is 6.42 Å². The third kappa shape index (κ3) is 3.49. The van der Waals surface area contributed by atoms with Gasteiger partial charge in [-0.3, -0.25) is 4.90 Å². The van der Waals surface area contributed by atoms with Crippen LogP contribution in [0.5, 0.6) is 5.75 Å². The third-order valence-electron chi connectivity index (χ3n) is 4.50. The Balaban J connectivity index is 0.00000182. The van der Waals surface area contributed by atoms with Crippen molar-refractivity contribution in [3.63, 3.8) is 0 Å². The van der Waals surface area contributed by atoms with Crippen molar-refractivity contribution in [1.29, 1.82) is 0 Å². The van der Waals surface area contributed by atoms with Gasteiger partial charge in [-0.25, -0.2) is 0 Å². The van der Waals surface area contributed by atoms with Gasteiger partial charge in [0, 0.05) is 36.7 Å². The van der Waals surface area contributed by atoms with Crippen molar-refractivity contribution in [3.05, 3.63) is 41.7 Å². The van der Waals surface area contributed by atoms with Crippen LogP contribution in [0.4, 0.5) is 0 Å². The summed E-state index contributed by atoms with van der Waals surface area (Å²) in [4.78, 5) is 6.81. The van der Waals surface area contributed by atoms with Crippen LogP contribution < -0.4 is 10.1 Å². The minimum absolute atomic E-state index is 0. The number of piperazine rings is 1. The number of nitrogens with one attached hydrogen (secondary N) is 1. The summed E-state index contributed by atoms with van der Waals surface area (Å²) in [7, 11) is 3.72. The van der Waals surface area contributed by atoms with Gasteiger partial charge in [-0.05, 0) is 19.2 Å². The predicted octanol–water partition coefficient (Wildman–Crippen LogP) is 2.41. The largest absolute Gasteiger partial charge is 0.497 e. The number of hydrogen-bond donors (Lipinski definition) is 1. The average Bonchev–Trinajstić information content (AvgIpc) is 3.22. The molecule has 1 aliphatic rings. The molecule has 1 N–H and O–H groups in total. The smallest absolute Gasteiger partial charge is 0.231 e. The second kappa shape index (κ2) is 7.43. The highest BCUT2D eigenvalue weighted by Gasteiger charge is 2.25. The van der Waals surface area contributed by atoms with Gasteiger partial charge in [-0.2, -0.15) is 4.98 Å². The maximum atomic E-state index is 5.62. The van der Waals surface area contributed by atoms with Crippen LogP contribution in [0.1, 0.15) is 23.3 Å². The number of hydrogen-bond acceptors (Lipinski definition) is 7. The zero-order chi connectivity index (χ0) is 16.5. The summed E-state index contributed by atoms with van der Waals surface area (Å²) < 4.78 is 16.3. The van der Waals surface area contributed by atoms with E-state index in [9.17, 15) is 0 Å². The normalized spacial score (nSPS) is 18.2. The van der Waals surface area contributed by atoms with Crippen LogP contribution in [0.2, 0.25) is 0 Å². The fourth-order valence-corrected chi connectivity index (χ4v) is 3.06. The highest BCUT2D eigenvalue weighted by atomic mass is 35.5. The monoisotopic (exact) mass is 364 g/mol. The topological polar surface area (TPSA) is 76.6 Å². The minimum Gasteiger partial charge on any atom is -0.497 e. The summed E-state index contributed by atoms with van der Waals surface area (Å²) >= 11 is 0. The van der Waals surface area contributed by atoms with Gasteiger partial charge in [0.05, 0.1) is 25.8 Å². The number of fused-ring (bicyclic) bond motifs is 1. The molecule has 1 aliphatic heterocycles. The highest BCUT2D eigenvalue weighted by Crippen LogP contribution is 2.27. The van der Waals surface area contributed by atoms with Crippen LogP contribution in [-0.4, -0.2) is 48.8 Å². The fraction of sp³-hybridized carbons (Fsp3) is 0.412. The lowest BCUT2D eigenvalue weighted by Gasteiger charge is -2.30. The molecule has 3 aromatic rings. The van der Waals surface area contributed by atoms with E-state index in [0.29, 0.717) is 12.3 Å². The first-order valence-electron chi connectivity index (χ1n) is 8.02. The van der Waals surface area contributed by atoms with Gasteiger partial charge in [0.2, 0.25) is 5.89 Å². The summed E-state index contributed by atoms with van der Waals surface area (Å²) in [6.07, 6.45) is 2.29. The minimum atomic E-state index is 0. The van der Waals surface area contributed by atoms with E-state index in [1.165, 1.54) is 0 Å². The lowest BCUT2D eigenvalue weighted by Crippen LogP contribution is -2.44. The van der Waals surface area contributed by atoms with Gasteiger partial charge >= 0.3 is 0 Å². The van der Waals surface area contributed by atoms with Crippen molar-refractivity contribution < 1.29 is 13.7 Å². The van der Waals surface area contributed by atoms with Crippen molar-refractivity contribution in [2.24, 2.45) is 0 Å². The molecule has 1 unspecified atom stereocenters. The molecule has 1 saturated heterocycles. The Hall–Kier alpha value is -2.09. The molecule has 8 heteroatoms. The van der Waals surface area contributed by atoms with Crippen LogP contribution >= 0.6 is 12.4 Å². The Labute approximate surface area is 151 Å². The Morgan fingerprint density at radius 2 is 2.28 bits per heavy atom. The van der Waals surface area contributed by atoms with Gasteiger partial charge in [0.1, 0.15) is 11.3 Å². The SMILES string of the molecule is COc1ccc2c(Cc3nc(C4CNCCN4C)no3)coc2c1.Cl. The lowest BCUT2D eigenvalue weighted by atomic mass is 10.1. The maximum Gasteiger partial charge on any atom is 0.231 e. The molecule has 25 heavy (non-hydrogen) atoms. The molecule has 2 aromatic heterocycles. The number of furan rings is 1. The van der Waals surface area contributed by atoms with Crippen LogP contribution in [0.25, 0.3) is 11.0 Å². The number of likely N-dealkylation sites (N-methyl/N-ethyl adjacent to an activating group) is 1. The highest BCUT2D eigenvalue weighted by molar-refractivity contribution is 5.85. The molecule has 1 fully saturated rings. The van der Waals surface area contributed by atoms with E-state index < -0.39 is 0 Å². The van der Waals surface area contributed by atoms with Gasteiger partial charge < -0.3 is 19.0 Å². The molecule has 0 spiro atoms. The van der Waals surface area contributed by atoms with E-state index >= 15 is 0 Å². The van der Waals surface area contributed by atoms with Crippen molar-refractivity contribution in [1.82, 2.24) is 20.4 Å². The quantitative estimate of drug-likeness (QED) is 0.761. The molecule has 134 valence electrons. The summed E-state index contributed by atoms with van der Waals surface area (Å²) in [5.41, 5.74) is 1.82. The molecule has 0 amide bonds. The molecule has 7 nitrogen and oxygen atoms in total. The van der Waals surface area contributed by atoms with Crippen molar-refractivity contribution >= 4 is 23.4 Å². The van der Waals surface area contributed by atoms with Crippen LogP contribution in [0, 0.1) is 0 Å². The van der Waals surface area contributed by atoms with E-state index in [0.717, 1.165) is 47.7 Å². The Bertz CT molecular complexity index is 847. The Kier molecular flexibility index (Phi) is 5.27. The average molecular weight is 365 g/mol. The molecular weight excluding hydrogens is 344 g/mol. The zero-order valence-corrected chi connectivity index (χ0v) is 15.0. The van der Waals surface area contributed by atoms with Gasteiger partial charge in [-0.15, -0.1) is 12.4 Å². The Morgan fingerprint density at radius 1 is 1.40 bits per heavy atom. The summed E-state index contributed by atoms with van der Waals surface area (Å²) in [5.74, 6) is 2.10. The van der Waals surface area contributed by atoms with Crippen molar-refractivity contribution in [2.75, 3.05) is 33.8 Å². The molecule has 0 saturated carbocycles. The van der Waals surface area contributed by atoms with Gasteiger partial charge in [0.15, 0.2) is 5.82 Å². The van der Waals surface area contributed by atoms with E-state index in [-0.39, 0.29) is 18.4 Å². The molecule has 0 aliphatic carbocycles. The fourth-order valence-electron chi connectivity index (χ4n) is 3.06. The van der Waals surface area contributed by atoms with Gasteiger partial charge in [0.25, 0.3) is 0 Å². The first-order chi connectivity index (χ1) is 11.7. The lowest BCUT2D eigenvalue weighted by molar-refractivity contribution is 0.190. The molecule has 4 rings (SSSR count). The van der Waals surface area contributed by atoms with Gasteiger partial charge in [-0.1, -0.05) is 5.16 Å². The van der Waals surface area contributed by atoms with E-state index in [1.807, 2.05) is 18.2 Å². The number of rotatable bonds is 4. The van der Waals surface area contributed by atoms with Crippen LogP contribution in [0.15, 0.2) is 33.4 Å². The first kappa shape index (κ1) is 17.7. The number of methoxy groups -OCH3 is 1. The maximum absolute atomic E-state index is 5.62. The molecule has 3 heterocycles. The summed E-state index contributed by atoms with van der Waals surface area (Å²) in [6.45, 7) is 2.80. The number of halogens is 1. The second-order valence-electron chi connectivity index (χ2n) is 6.05. The second-order valence-corrected chi connectivity index (χ2v) is 6.05. The number of nitrogens with zero attached hydrogens (tertiary/aromatic N) is 3. The molecule has 1 atom stereocenters. The van der Waals surface area contributed by atoms with Crippen LogP contribution in [0.3, 0.4) is 0 Å². The van der Waals surface area contributed by atoms with Crippen molar-refractivity contribution in [3.8, 4) is 5.75 Å². The summed E-state index contributed by atoms with van der Waals surface area (Å²) in [6, 6.07) is 5.94. The van der Waals surface area contributed by atoms with E-state index in [2.05, 4.69) is 27.4 Å². The van der Waals surface area contributed by atoms with E-state index in [1.54, 1.807) is 13.4 Å². The number of ether oxygens (including phenoxy) is 1. The van der Waals surface area contributed by atoms with E-state index in [4.69, 9.17) is 13.7 Å². The number of aromatic nitrogens is 2. The predicted molar refractivity (Wildman–Crippen MR) is 95.4 cm³/mol. The van der Waals surface area contributed by atoms with Crippen molar-refractivity contribution in [2.45, 2.75) is 12.5 Å². The molecular formula is C17H21ClN4O3. The summed E-state index contributed by atoms with van der Waals surface area (Å²) in [5, 5.41) is 8.56.